The molecule has 0 atom stereocenters. The van der Waals surface area contributed by atoms with Crippen molar-refractivity contribution in [3.8, 4) is 5.75 Å². The predicted octanol–water partition coefficient (Wildman–Crippen LogP) is 4.56. The van der Waals surface area contributed by atoms with E-state index in [9.17, 15) is 9.59 Å². The number of ether oxygens (including phenoxy) is 1. The molecule has 4 rings (SSSR count). The maximum absolute atomic E-state index is 13.0. The summed E-state index contributed by atoms with van der Waals surface area (Å²) in [7, 11) is 0. The van der Waals surface area contributed by atoms with Crippen LogP contribution >= 0.6 is 0 Å². The fraction of sp³-hybridized carbons (Fsp3) is 0.462. The van der Waals surface area contributed by atoms with E-state index in [1.54, 1.807) is 6.92 Å². The number of carbonyl (C=O) groups excluding carboxylic acids is 2. The molecule has 2 aliphatic rings. The summed E-state index contributed by atoms with van der Waals surface area (Å²) in [4.78, 5) is 29.0. The quantitative estimate of drug-likeness (QED) is 0.643. The molecule has 1 amide bonds. The van der Waals surface area contributed by atoms with Crippen molar-refractivity contribution in [2.45, 2.75) is 51.7 Å². The summed E-state index contributed by atoms with van der Waals surface area (Å²) >= 11 is 0. The van der Waals surface area contributed by atoms with E-state index in [0.717, 1.165) is 64.0 Å². The lowest BCUT2D eigenvalue weighted by Gasteiger charge is -2.33. The van der Waals surface area contributed by atoms with Gasteiger partial charge in [-0.2, -0.15) is 0 Å². The van der Waals surface area contributed by atoms with Crippen LogP contribution in [0.5, 0.6) is 5.75 Å². The zero-order chi connectivity index (χ0) is 21.6. The monoisotopic (exact) mass is 420 g/mol. The van der Waals surface area contributed by atoms with Crippen LogP contribution in [-0.2, 0) is 6.54 Å². The number of para-hydroxylation sites is 1. The number of likely N-dealkylation sites (tertiary alicyclic amines) is 2. The molecule has 0 N–H and O–H groups in total. The van der Waals surface area contributed by atoms with Gasteiger partial charge in [0.05, 0.1) is 5.56 Å². The second kappa shape index (κ2) is 10.1. The van der Waals surface area contributed by atoms with E-state index in [4.69, 9.17) is 4.74 Å². The molecule has 0 bridgehead atoms. The van der Waals surface area contributed by atoms with Gasteiger partial charge in [0.25, 0.3) is 5.91 Å². The summed E-state index contributed by atoms with van der Waals surface area (Å²) in [6, 6.07) is 15.6. The minimum absolute atomic E-state index is 0.0955. The van der Waals surface area contributed by atoms with Crippen LogP contribution in [0.2, 0.25) is 0 Å². The maximum Gasteiger partial charge on any atom is 0.257 e. The van der Waals surface area contributed by atoms with Crippen molar-refractivity contribution in [2.75, 3.05) is 26.2 Å². The number of carbonyl (C=O) groups is 2. The first kappa shape index (κ1) is 21.6. The Kier molecular flexibility index (Phi) is 7.03. The maximum atomic E-state index is 13.0. The van der Waals surface area contributed by atoms with Gasteiger partial charge < -0.3 is 9.64 Å². The second-order valence-electron chi connectivity index (χ2n) is 8.70. The standard InChI is InChI=1S/C26H32N2O3/c1-20(29)22-9-7-8-21(18-22)19-27-16-12-23(13-17-27)31-25-11-4-3-10-24(25)26(30)28-14-5-2-6-15-28/h3-4,7-11,18,23H,2,5-6,12-17,19H2,1H3. The molecule has 5 nitrogen and oxygen atoms in total. The highest BCUT2D eigenvalue weighted by atomic mass is 16.5. The number of amides is 1. The van der Waals surface area contributed by atoms with Gasteiger partial charge in [0.1, 0.15) is 11.9 Å². The summed E-state index contributed by atoms with van der Waals surface area (Å²) in [6.45, 7) is 6.02. The van der Waals surface area contributed by atoms with Crippen molar-refractivity contribution >= 4 is 11.7 Å². The molecule has 2 aromatic rings. The first-order valence-corrected chi connectivity index (χ1v) is 11.5. The molecule has 0 unspecified atom stereocenters. The van der Waals surface area contributed by atoms with Crippen LogP contribution in [0.3, 0.4) is 0 Å². The van der Waals surface area contributed by atoms with Crippen molar-refractivity contribution in [1.29, 1.82) is 0 Å². The number of benzene rings is 2. The molecule has 0 aliphatic carbocycles. The number of piperidine rings is 2. The normalized spacial score (nSPS) is 18.0. The predicted molar refractivity (Wildman–Crippen MR) is 122 cm³/mol. The molecule has 2 fully saturated rings. The fourth-order valence-electron chi connectivity index (χ4n) is 4.53. The number of rotatable bonds is 6. The minimum Gasteiger partial charge on any atom is -0.489 e. The molecule has 2 heterocycles. The van der Waals surface area contributed by atoms with Crippen LogP contribution in [-0.4, -0.2) is 53.8 Å². The Labute approximate surface area is 185 Å². The van der Waals surface area contributed by atoms with E-state index in [1.165, 1.54) is 12.0 Å². The number of hydrogen-bond donors (Lipinski definition) is 0. The fourth-order valence-corrected chi connectivity index (χ4v) is 4.53. The highest BCUT2D eigenvalue weighted by Crippen LogP contribution is 2.26. The summed E-state index contributed by atoms with van der Waals surface area (Å²) in [6.07, 6.45) is 5.36. The lowest BCUT2D eigenvalue weighted by molar-refractivity contribution is 0.0702. The van der Waals surface area contributed by atoms with Gasteiger partial charge >= 0.3 is 0 Å². The number of Topliss-reactive ketones (excluding diaryl/α,β-unsaturated/α-hetero) is 1. The highest BCUT2D eigenvalue weighted by Gasteiger charge is 2.25. The molecule has 2 aromatic carbocycles. The van der Waals surface area contributed by atoms with E-state index < -0.39 is 0 Å². The zero-order valence-corrected chi connectivity index (χ0v) is 18.4. The molecule has 0 saturated carbocycles. The Hall–Kier alpha value is -2.66. The summed E-state index contributed by atoms with van der Waals surface area (Å²) in [5.41, 5.74) is 2.63. The lowest BCUT2D eigenvalue weighted by atomic mass is 10.0. The van der Waals surface area contributed by atoms with Crippen molar-refractivity contribution in [2.24, 2.45) is 0 Å². The van der Waals surface area contributed by atoms with Crippen LogP contribution in [0.15, 0.2) is 48.5 Å². The Bertz CT molecular complexity index is 912. The molecule has 2 saturated heterocycles. The summed E-state index contributed by atoms with van der Waals surface area (Å²) in [5.74, 6) is 0.912. The molecular formula is C26H32N2O3. The summed E-state index contributed by atoms with van der Waals surface area (Å²) < 4.78 is 6.33. The first-order chi connectivity index (χ1) is 15.1. The molecule has 0 radical (unpaired) electrons. The van der Waals surface area contributed by atoms with Crippen LogP contribution in [0.4, 0.5) is 0 Å². The SMILES string of the molecule is CC(=O)c1cccc(CN2CCC(Oc3ccccc3C(=O)N3CCCCC3)CC2)c1. The van der Waals surface area contributed by atoms with Gasteiger partial charge in [0.15, 0.2) is 5.78 Å². The van der Waals surface area contributed by atoms with Crippen LogP contribution < -0.4 is 4.74 Å². The summed E-state index contributed by atoms with van der Waals surface area (Å²) in [5, 5.41) is 0. The molecule has 31 heavy (non-hydrogen) atoms. The van der Waals surface area contributed by atoms with Crippen molar-refractivity contribution in [3.05, 3.63) is 65.2 Å². The first-order valence-electron chi connectivity index (χ1n) is 11.5. The average Bonchev–Trinajstić information content (AvgIpc) is 2.81. The molecule has 5 heteroatoms. The largest absolute Gasteiger partial charge is 0.489 e. The van der Waals surface area contributed by atoms with Crippen LogP contribution in [0, 0.1) is 0 Å². The van der Waals surface area contributed by atoms with Crippen molar-refractivity contribution < 1.29 is 14.3 Å². The minimum atomic E-state index is 0.0955. The van der Waals surface area contributed by atoms with Gasteiger partial charge in [-0.15, -0.1) is 0 Å². The van der Waals surface area contributed by atoms with E-state index in [2.05, 4.69) is 11.0 Å². The lowest BCUT2D eigenvalue weighted by Crippen LogP contribution is -2.38. The Morgan fingerprint density at radius 3 is 2.42 bits per heavy atom. The third-order valence-electron chi connectivity index (χ3n) is 6.33. The van der Waals surface area contributed by atoms with Crippen LogP contribution in [0.1, 0.15) is 65.3 Å². The number of nitrogens with zero attached hydrogens (tertiary/aromatic N) is 2. The van der Waals surface area contributed by atoms with Gasteiger partial charge in [-0.1, -0.05) is 30.3 Å². The van der Waals surface area contributed by atoms with Crippen molar-refractivity contribution in [1.82, 2.24) is 9.80 Å². The third-order valence-corrected chi connectivity index (χ3v) is 6.33. The van der Waals surface area contributed by atoms with Crippen LogP contribution in [0.25, 0.3) is 0 Å². The Balaban J connectivity index is 1.33. The molecular weight excluding hydrogens is 388 g/mol. The van der Waals surface area contributed by atoms with Gasteiger partial charge in [-0.25, -0.2) is 0 Å². The van der Waals surface area contributed by atoms with Gasteiger partial charge in [-0.05, 0) is 62.8 Å². The third kappa shape index (κ3) is 5.53. The topological polar surface area (TPSA) is 49.9 Å². The average molecular weight is 421 g/mol. The smallest absolute Gasteiger partial charge is 0.257 e. The molecule has 0 spiro atoms. The van der Waals surface area contributed by atoms with E-state index in [0.29, 0.717) is 11.3 Å². The zero-order valence-electron chi connectivity index (χ0n) is 18.4. The van der Waals surface area contributed by atoms with Gasteiger partial charge in [0, 0.05) is 38.3 Å². The second-order valence-corrected chi connectivity index (χ2v) is 8.70. The molecule has 0 aromatic heterocycles. The highest BCUT2D eigenvalue weighted by molar-refractivity contribution is 5.97. The Morgan fingerprint density at radius 2 is 1.68 bits per heavy atom. The number of hydrogen-bond acceptors (Lipinski definition) is 4. The van der Waals surface area contributed by atoms with E-state index in [-0.39, 0.29) is 17.8 Å². The number of ketones is 1. The van der Waals surface area contributed by atoms with E-state index in [1.807, 2.05) is 47.4 Å². The van der Waals surface area contributed by atoms with Gasteiger partial charge in [0.2, 0.25) is 0 Å². The Morgan fingerprint density at radius 1 is 0.935 bits per heavy atom. The van der Waals surface area contributed by atoms with Crippen molar-refractivity contribution in [3.63, 3.8) is 0 Å². The molecule has 164 valence electrons. The van der Waals surface area contributed by atoms with Gasteiger partial charge in [-0.3, -0.25) is 14.5 Å². The molecule has 2 aliphatic heterocycles. The van der Waals surface area contributed by atoms with E-state index >= 15 is 0 Å².